The van der Waals surface area contributed by atoms with Crippen LogP contribution in [0.2, 0.25) is 0 Å². The van der Waals surface area contributed by atoms with Crippen molar-refractivity contribution in [1.29, 1.82) is 0 Å². The third-order valence-corrected chi connectivity index (χ3v) is 8.61. The first-order valence-corrected chi connectivity index (χ1v) is 12.8. The first-order chi connectivity index (χ1) is 17.0. The summed E-state index contributed by atoms with van der Waals surface area (Å²) in [5, 5.41) is 0. The van der Waals surface area contributed by atoms with Crippen LogP contribution in [0, 0.1) is 0 Å². The lowest BCUT2D eigenvalue weighted by Crippen LogP contribution is -2.25. The topological polar surface area (TPSA) is 97.8 Å². The molecule has 5 rings (SSSR count). The molecule has 3 aromatic rings. The molecule has 2 heterocycles. The van der Waals surface area contributed by atoms with Crippen molar-refractivity contribution < 1.29 is 27.5 Å². The predicted octanol–water partition coefficient (Wildman–Crippen LogP) is 4.10. The molecule has 0 saturated carbocycles. The number of anilines is 1. The maximum atomic E-state index is 13.1. The Balaban J connectivity index is 1.35. The zero-order valence-electron chi connectivity index (χ0n) is 19.9. The van der Waals surface area contributed by atoms with Crippen LogP contribution in [0.15, 0.2) is 88.3 Å². The summed E-state index contributed by atoms with van der Waals surface area (Å²) in [5.41, 5.74) is 2.51. The number of likely N-dealkylation sites (N-methyl/N-ethyl adjacent to an activating group) is 1. The predicted molar refractivity (Wildman–Crippen MR) is 133 cm³/mol. The van der Waals surface area contributed by atoms with Crippen LogP contribution in [0.3, 0.4) is 0 Å². The molecule has 0 fully saturated rings. The van der Waals surface area contributed by atoms with Gasteiger partial charge in [-0.25, -0.2) is 13.2 Å². The summed E-state index contributed by atoms with van der Waals surface area (Å²) in [6.07, 6.45) is 1.47. The van der Waals surface area contributed by atoms with Gasteiger partial charge >= 0.3 is 5.97 Å². The summed E-state index contributed by atoms with van der Waals surface area (Å²) in [4.78, 5) is 39.8. The summed E-state index contributed by atoms with van der Waals surface area (Å²) in [6.45, 7) is 3.54. The normalized spacial score (nSPS) is 17.8. The molecule has 182 valence electrons. The average molecular weight is 502 g/mol. The molecule has 7 nitrogen and oxygen atoms in total. The van der Waals surface area contributed by atoms with Crippen molar-refractivity contribution in [2.45, 2.75) is 29.1 Å². The van der Waals surface area contributed by atoms with Crippen molar-refractivity contribution in [1.82, 2.24) is 0 Å². The summed E-state index contributed by atoms with van der Waals surface area (Å²) in [7, 11) is -2.11. The second-order valence-corrected chi connectivity index (χ2v) is 11.2. The lowest BCUT2D eigenvalue weighted by molar-refractivity contribution is -0.117. The number of nitrogens with zero attached hydrogens (tertiary/aromatic N) is 1. The minimum absolute atomic E-state index is 0.00266. The molecule has 0 aliphatic carbocycles. The van der Waals surface area contributed by atoms with E-state index in [1.165, 1.54) is 36.4 Å². The highest BCUT2D eigenvalue weighted by Crippen LogP contribution is 2.46. The number of carbonyl (C=O) groups excluding carboxylic acids is 3. The number of rotatable bonds is 4. The number of ether oxygens (including phenoxy) is 1. The number of esters is 1. The van der Waals surface area contributed by atoms with E-state index in [0.29, 0.717) is 0 Å². The molecule has 8 heteroatoms. The van der Waals surface area contributed by atoms with E-state index in [9.17, 15) is 22.8 Å². The Morgan fingerprint density at radius 2 is 1.61 bits per heavy atom. The van der Waals surface area contributed by atoms with Crippen molar-refractivity contribution in [3.63, 3.8) is 0 Å². The van der Waals surface area contributed by atoms with Gasteiger partial charge in [0, 0.05) is 41.1 Å². The highest BCUT2D eigenvalue weighted by molar-refractivity contribution is 7.91. The van der Waals surface area contributed by atoms with Gasteiger partial charge in [0.25, 0.3) is 0 Å². The Kier molecular flexibility index (Phi) is 5.44. The number of hydrogen-bond donors (Lipinski definition) is 0. The molecule has 0 atom stereocenters. The molecular formula is C28H23NO6S. The van der Waals surface area contributed by atoms with Gasteiger partial charge in [-0.05, 0) is 42.0 Å². The van der Waals surface area contributed by atoms with Gasteiger partial charge in [-0.3, -0.25) is 9.59 Å². The van der Waals surface area contributed by atoms with E-state index in [2.05, 4.69) is 0 Å². The maximum Gasteiger partial charge on any atom is 0.338 e. The number of benzene rings is 3. The molecule has 0 bridgehead atoms. The summed E-state index contributed by atoms with van der Waals surface area (Å²) in [6, 6.07) is 17.6. The van der Waals surface area contributed by atoms with Crippen LogP contribution in [0.5, 0.6) is 0 Å². The Labute approximate surface area is 208 Å². The minimum atomic E-state index is -3.99. The van der Waals surface area contributed by atoms with Crippen molar-refractivity contribution in [3.05, 3.63) is 101 Å². The largest absolute Gasteiger partial charge is 0.454 e. The van der Waals surface area contributed by atoms with Crippen LogP contribution < -0.4 is 4.90 Å². The van der Waals surface area contributed by atoms with E-state index in [0.717, 1.165) is 23.0 Å². The lowest BCUT2D eigenvalue weighted by Gasteiger charge is -2.23. The van der Waals surface area contributed by atoms with Crippen molar-refractivity contribution in [2.75, 3.05) is 18.6 Å². The Morgan fingerprint density at radius 1 is 0.944 bits per heavy atom. The first-order valence-electron chi connectivity index (χ1n) is 11.3. The van der Waals surface area contributed by atoms with Crippen LogP contribution in [0.25, 0.3) is 0 Å². The zero-order chi connectivity index (χ0) is 25.8. The van der Waals surface area contributed by atoms with Gasteiger partial charge in [0.2, 0.25) is 9.84 Å². The SMILES string of the molecule is CN1/C(=C\C(=O)COC(=O)c2ccc3c(c2)S(=O)(=O)c2ccccc2C3=O)C(C)(C)c2ccccc21. The van der Waals surface area contributed by atoms with Crippen molar-refractivity contribution in [2.24, 2.45) is 0 Å². The van der Waals surface area contributed by atoms with Gasteiger partial charge in [-0.15, -0.1) is 0 Å². The third-order valence-electron chi connectivity index (χ3n) is 6.76. The van der Waals surface area contributed by atoms with Gasteiger partial charge in [0.15, 0.2) is 18.2 Å². The van der Waals surface area contributed by atoms with Gasteiger partial charge in [-0.1, -0.05) is 44.2 Å². The van der Waals surface area contributed by atoms with Gasteiger partial charge < -0.3 is 9.64 Å². The molecule has 0 spiro atoms. The molecule has 3 aromatic carbocycles. The fraction of sp³-hybridized carbons (Fsp3) is 0.179. The molecule has 0 unspecified atom stereocenters. The fourth-order valence-electron chi connectivity index (χ4n) is 4.88. The van der Waals surface area contributed by atoms with Gasteiger partial charge in [-0.2, -0.15) is 0 Å². The Morgan fingerprint density at radius 3 is 2.36 bits per heavy atom. The number of ketones is 2. The Hall–Kier alpha value is -4.04. The minimum Gasteiger partial charge on any atom is -0.454 e. The summed E-state index contributed by atoms with van der Waals surface area (Å²) in [5.74, 6) is -1.68. The molecule has 0 aromatic heterocycles. The average Bonchev–Trinajstić information content (AvgIpc) is 3.06. The quantitative estimate of drug-likeness (QED) is 0.307. The van der Waals surface area contributed by atoms with Crippen LogP contribution >= 0.6 is 0 Å². The number of hydrogen-bond acceptors (Lipinski definition) is 7. The number of para-hydroxylation sites is 1. The van der Waals surface area contributed by atoms with Crippen LogP contribution in [-0.2, 0) is 24.8 Å². The Bertz CT molecular complexity index is 1600. The monoisotopic (exact) mass is 501 g/mol. The molecule has 36 heavy (non-hydrogen) atoms. The molecule has 2 aliphatic heterocycles. The molecule has 0 amide bonds. The van der Waals surface area contributed by atoms with Crippen molar-refractivity contribution >= 4 is 33.1 Å². The number of carbonyl (C=O) groups is 3. The highest BCUT2D eigenvalue weighted by Gasteiger charge is 2.39. The molecule has 0 saturated heterocycles. The van der Waals surface area contributed by atoms with E-state index >= 15 is 0 Å². The first kappa shape index (κ1) is 23.7. The van der Waals surface area contributed by atoms with Crippen molar-refractivity contribution in [3.8, 4) is 0 Å². The van der Waals surface area contributed by atoms with E-state index in [1.54, 1.807) is 6.07 Å². The lowest BCUT2D eigenvalue weighted by atomic mass is 9.83. The van der Waals surface area contributed by atoms with Crippen LogP contribution in [0.1, 0.15) is 45.7 Å². The summed E-state index contributed by atoms with van der Waals surface area (Å²) >= 11 is 0. The molecular weight excluding hydrogens is 478 g/mol. The van der Waals surface area contributed by atoms with E-state index in [1.807, 2.05) is 50.1 Å². The smallest absolute Gasteiger partial charge is 0.338 e. The number of sulfone groups is 1. The highest BCUT2D eigenvalue weighted by atomic mass is 32.2. The standard InChI is InChI=1S/C28H23NO6S/c1-28(2)21-9-5-6-10-22(21)29(3)25(28)15-18(30)16-35-27(32)17-12-13-20-24(14-17)36(33,34)23-11-7-4-8-19(23)26(20)31/h4-15H,16H2,1-3H3/b25-15-. The maximum absolute atomic E-state index is 13.1. The zero-order valence-corrected chi connectivity index (χ0v) is 20.8. The van der Waals surface area contributed by atoms with Crippen LogP contribution in [-0.4, -0.2) is 39.6 Å². The van der Waals surface area contributed by atoms with E-state index < -0.39 is 39.4 Å². The second kappa shape index (κ2) is 8.27. The number of allylic oxidation sites excluding steroid dienone is 1. The van der Waals surface area contributed by atoms with Gasteiger partial charge in [0.05, 0.1) is 15.4 Å². The summed E-state index contributed by atoms with van der Waals surface area (Å²) < 4.78 is 31.4. The van der Waals surface area contributed by atoms with Gasteiger partial charge in [0.1, 0.15) is 0 Å². The fourth-order valence-corrected chi connectivity index (χ4v) is 6.56. The molecule has 2 aliphatic rings. The van der Waals surface area contributed by atoms with E-state index in [-0.39, 0.29) is 26.5 Å². The number of fused-ring (bicyclic) bond motifs is 3. The van der Waals surface area contributed by atoms with E-state index in [4.69, 9.17) is 4.74 Å². The molecule has 0 N–H and O–H groups in total. The second-order valence-electron chi connectivity index (χ2n) is 9.31. The molecule has 0 radical (unpaired) electrons. The third kappa shape index (κ3) is 3.56. The van der Waals surface area contributed by atoms with Crippen LogP contribution in [0.4, 0.5) is 5.69 Å².